The number of halogens is 2. The standard InChI is InChI=1S/C15H13Cl2NO3/c1-7-12(6-19)14(13(15(20)21)8(2)18-7)9-3-10(16)5-11(17)4-9/h3-6,12,14H,1-2H3,(H,20,21). The normalized spacial score (nSPS) is 22.0. The summed E-state index contributed by atoms with van der Waals surface area (Å²) in [4.78, 5) is 27.2. The molecule has 0 spiro atoms. The lowest BCUT2D eigenvalue weighted by atomic mass is 9.76. The van der Waals surface area contributed by atoms with Gasteiger partial charge < -0.3 is 9.90 Å². The molecule has 1 aliphatic heterocycles. The van der Waals surface area contributed by atoms with Crippen molar-refractivity contribution in [3.05, 3.63) is 45.1 Å². The van der Waals surface area contributed by atoms with Gasteiger partial charge in [-0.05, 0) is 37.6 Å². The van der Waals surface area contributed by atoms with Crippen molar-refractivity contribution in [2.75, 3.05) is 0 Å². The number of aliphatic carboxylic acids is 1. The Morgan fingerprint density at radius 1 is 1.24 bits per heavy atom. The van der Waals surface area contributed by atoms with Crippen molar-refractivity contribution in [1.29, 1.82) is 0 Å². The number of carbonyl (C=O) groups is 2. The first-order valence-corrected chi connectivity index (χ1v) is 7.01. The van der Waals surface area contributed by atoms with Crippen LogP contribution in [0.5, 0.6) is 0 Å². The van der Waals surface area contributed by atoms with Gasteiger partial charge in [0.15, 0.2) is 0 Å². The second kappa shape index (κ2) is 6.00. The number of aldehydes is 1. The minimum Gasteiger partial charge on any atom is -0.478 e. The summed E-state index contributed by atoms with van der Waals surface area (Å²) in [7, 11) is 0. The van der Waals surface area contributed by atoms with E-state index >= 15 is 0 Å². The van der Waals surface area contributed by atoms with Crippen LogP contribution in [0.3, 0.4) is 0 Å². The molecule has 6 heteroatoms. The van der Waals surface area contributed by atoms with E-state index in [-0.39, 0.29) is 5.57 Å². The molecular formula is C15H13Cl2NO3. The quantitative estimate of drug-likeness (QED) is 0.861. The number of hydrogen-bond donors (Lipinski definition) is 1. The Morgan fingerprint density at radius 3 is 2.29 bits per heavy atom. The average molecular weight is 326 g/mol. The molecule has 0 aliphatic carbocycles. The van der Waals surface area contributed by atoms with Crippen molar-refractivity contribution in [3.8, 4) is 0 Å². The molecule has 4 nitrogen and oxygen atoms in total. The first kappa shape index (κ1) is 15.7. The van der Waals surface area contributed by atoms with E-state index in [4.69, 9.17) is 23.2 Å². The van der Waals surface area contributed by atoms with Crippen LogP contribution < -0.4 is 0 Å². The number of benzene rings is 1. The molecule has 0 radical (unpaired) electrons. The summed E-state index contributed by atoms with van der Waals surface area (Å²) in [6.45, 7) is 3.33. The summed E-state index contributed by atoms with van der Waals surface area (Å²) in [5.74, 6) is -2.39. The molecule has 1 aromatic carbocycles. The van der Waals surface area contributed by atoms with Crippen molar-refractivity contribution >= 4 is 41.2 Å². The lowest BCUT2D eigenvalue weighted by molar-refractivity contribution is -0.133. The van der Waals surface area contributed by atoms with E-state index in [1.54, 1.807) is 32.0 Å². The molecule has 0 bridgehead atoms. The van der Waals surface area contributed by atoms with Crippen molar-refractivity contribution in [2.24, 2.45) is 10.9 Å². The van der Waals surface area contributed by atoms with Gasteiger partial charge >= 0.3 is 5.97 Å². The van der Waals surface area contributed by atoms with Crippen LogP contribution in [-0.4, -0.2) is 23.1 Å². The smallest absolute Gasteiger partial charge is 0.334 e. The third kappa shape index (κ3) is 3.01. The third-order valence-electron chi connectivity index (χ3n) is 3.51. The van der Waals surface area contributed by atoms with Gasteiger partial charge in [-0.15, -0.1) is 0 Å². The zero-order chi connectivity index (χ0) is 15.7. The molecule has 0 fully saturated rings. The average Bonchev–Trinajstić information content (AvgIpc) is 2.36. The van der Waals surface area contributed by atoms with Gasteiger partial charge in [0.1, 0.15) is 6.29 Å². The number of aliphatic imine (C=N–C) groups is 1. The Labute approximate surface area is 132 Å². The van der Waals surface area contributed by atoms with Crippen LogP contribution in [0.2, 0.25) is 10.0 Å². The van der Waals surface area contributed by atoms with Crippen LogP contribution in [-0.2, 0) is 9.59 Å². The zero-order valence-electron chi connectivity index (χ0n) is 11.4. The van der Waals surface area contributed by atoms with Crippen molar-refractivity contribution < 1.29 is 14.7 Å². The molecule has 2 rings (SSSR count). The Balaban J connectivity index is 2.68. The van der Waals surface area contributed by atoms with Gasteiger partial charge in [-0.25, -0.2) is 4.79 Å². The van der Waals surface area contributed by atoms with Gasteiger partial charge in [0.05, 0.1) is 11.5 Å². The van der Waals surface area contributed by atoms with Gasteiger partial charge in [-0.1, -0.05) is 23.2 Å². The number of nitrogens with zero attached hydrogens (tertiary/aromatic N) is 1. The number of rotatable bonds is 3. The summed E-state index contributed by atoms with van der Waals surface area (Å²) in [6.07, 6.45) is 0.716. The summed E-state index contributed by atoms with van der Waals surface area (Å²) in [5, 5.41) is 10.3. The summed E-state index contributed by atoms with van der Waals surface area (Å²) >= 11 is 12.0. The summed E-state index contributed by atoms with van der Waals surface area (Å²) in [6, 6.07) is 4.82. The first-order valence-electron chi connectivity index (χ1n) is 6.25. The molecule has 110 valence electrons. The molecule has 21 heavy (non-hydrogen) atoms. The van der Waals surface area contributed by atoms with Crippen LogP contribution in [0, 0.1) is 5.92 Å². The molecule has 0 amide bonds. The number of carboxylic acid groups (broad SMARTS) is 1. The highest BCUT2D eigenvalue weighted by Gasteiger charge is 2.36. The monoisotopic (exact) mass is 325 g/mol. The zero-order valence-corrected chi connectivity index (χ0v) is 12.9. The molecule has 2 unspecified atom stereocenters. The van der Waals surface area contributed by atoms with Crippen molar-refractivity contribution in [3.63, 3.8) is 0 Å². The number of hydrogen-bond acceptors (Lipinski definition) is 3. The molecule has 1 heterocycles. The topological polar surface area (TPSA) is 66.7 Å². The Hall–Kier alpha value is -1.65. The van der Waals surface area contributed by atoms with Crippen molar-refractivity contribution in [1.82, 2.24) is 0 Å². The van der Waals surface area contributed by atoms with Gasteiger partial charge in [0.2, 0.25) is 0 Å². The highest BCUT2D eigenvalue weighted by molar-refractivity contribution is 6.34. The Kier molecular flexibility index (Phi) is 4.49. The van der Waals surface area contributed by atoms with Crippen LogP contribution in [0.4, 0.5) is 0 Å². The largest absolute Gasteiger partial charge is 0.478 e. The van der Waals surface area contributed by atoms with Crippen LogP contribution >= 0.6 is 23.2 Å². The van der Waals surface area contributed by atoms with Gasteiger partial charge in [-0.3, -0.25) is 4.99 Å². The highest BCUT2D eigenvalue weighted by Crippen LogP contribution is 2.39. The Morgan fingerprint density at radius 2 is 1.81 bits per heavy atom. The number of carboxylic acids is 1. The molecular weight excluding hydrogens is 313 g/mol. The minimum atomic E-state index is -1.10. The van der Waals surface area contributed by atoms with E-state index in [0.29, 0.717) is 33.3 Å². The van der Waals surface area contributed by atoms with Gasteiger partial charge in [0, 0.05) is 27.4 Å². The fraction of sp³-hybridized carbons (Fsp3) is 0.267. The fourth-order valence-corrected chi connectivity index (χ4v) is 3.18. The van der Waals surface area contributed by atoms with E-state index in [2.05, 4.69) is 4.99 Å². The van der Waals surface area contributed by atoms with E-state index < -0.39 is 17.8 Å². The second-order valence-corrected chi connectivity index (χ2v) is 5.77. The molecule has 0 saturated heterocycles. The third-order valence-corrected chi connectivity index (χ3v) is 3.94. The van der Waals surface area contributed by atoms with E-state index in [9.17, 15) is 14.7 Å². The predicted octanol–water partition coefficient (Wildman–Crippen LogP) is 3.73. The number of carbonyl (C=O) groups excluding carboxylic acids is 1. The molecule has 0 aromatic heterocycles. The predicted molar refractivity (Wildman–Crippen MR) is 82.2 cm³/mol. The van der Waals surface area contributed by atoms with E-state index in [1.165, 1.54) is 0 Å². The summed E-state index contributed by atoms with van der Waals surface area (Å²) < 4.78 is 0. The fourth-order valence-electron chi connectivity index (χ4n) is 2.64. The lowest BCUT2D eigenvalue weighted by Crippen LogP contribution is -2.30. The molecule has 0 saturated carbocycles. The molecule has 1 N–H and O–H groups in total. The van der Waals surface area contributed by atoms with Gasteiger partial charge in [0.25, 0.3) is 0 Å². The second-order valence-electron chi connectivity index (χ2n) is 4.90. The lowest BCUT2D eigenvalue weighted by Gasteiger charge is -2.29. The maximum atomic E-state index is 11.6. The minimum absolute atomic E-state index is 0.0935. The maximum Gasteiger partial charge on any atom is 0.334 e. The Bertz CT molecular complexity index is 659. The van der Waals surface area contributed by atoms with Gasteiger partial charge in [-0.2, -0.15) is 0 Å². The molecule has 2 atom stereocenters. The highest BCUT2D eigenvalue weighted by atomic mass is 35.5. The van der Waals surface area contributed by atoms with E-state index in [0.717, 1.165) is 0 Å². The number of allylic oxidation sites excluding steroid dienone is 1. The first-order chi connectivity index (χ1) is 9.85. The SMILES string of the molecule is CC1=NC(C)=C(C(=O)O)C(c2cc(Cl)cc(Cl)c2)C1C=O. The summed E-state index contributed by atoms with van der Waals surface area (Å²) in [5.41, 5.74) is 1.65. The van der Waals surface area contributed by atoms with E-state index in [1.807, 2.05) is 0 Å². The van der Waals surface area contributed by atoms with Crippen LogP contribution in [0.15, 0.2) is 34.5 Å². The van der Waals surface area contributed by atoms with Crippen molar-refractivity contribution in [2.45, 2.75) is 19.8 Å². The van der Waals surface area contributed by atoms with Crippen LogP contribution in [0.1, 0.15) is 25.3 Å². The van der Waals surface area contributed by atoms with Crippen LogP contribution in [0.25, 0.3) is 0 Å². The maximum absolute atomic E-state index is 11.6. The molecule has 1 aromatic rings. The molecule has 1 aliphatic rings.